The zero-order valence-electron chi connectivity index (χ0n) is 21.9. The summed E-state index contributed by atoms with van der Waals surface area (Å²) < 4.78 is 0. The van der Waals surface area contributed by atoms with Crippen molar-refractivity contribution in [2.24, 2.45) is 28.6 Å². The quantitative estimate of drug-likeness (QED) is 0.553. The minimum atomic E-state index is -1.54. The molecule has 0 bridgehead atoms. The molecule has 3 fully saturated rings. The molecule has 0 saturated heterocycles. The summed E-state index contributed by atoms with van der Waals surface area (Å²) in [5.41, 5.74) is -0.487. The fraction of sp³-hybridized carbons (Fsp3) is 0.500. The molecular formula is C32H37NO4. The van der Waals surface area contributed by atoms with Crippen molar-refractivity contribution < 1.29 is 19.8 Å². The second-order valence-electron chi connectivity index (χ2n) is 12.4. The van der Waals surface area contributed by atoms with Crippen molar-refractivity contribution in [2.75, 3.05) is 0 Å². The number of allylic oxidation sites excluding steroid dienone is 4. The average molecular weight is 500 g/mol. The van der Waals surface area contributed by atoms with Crippen LogP contribution in [0, 0.1) is 28.6 Å². The van der Waals surface area contributed by atoms with Crippen molar-refractivity contribution in [2.45, 2.75) is 70.6 Å². The molecule has 37 heavy (non-hydrogen) atoms. The summed E-state index contributed by atoms with van der Waals surface area (Å²) in [6, 6.07) is 14.0. The summed E-state index contributed by atoms with van der Waals surface area (Å²) in [7, 11) is 0. The van der Waals surface area contributed by atoms with Gasteiger partial charge < -0.3 is 15.5 Å². The molecule has 5 heteroatoms. The number of aliphatic hydroxyl groups excluding tert-OH is 1. The zero-order valence-corrected chi connectivity index (χ0v) is 21.9. The molecule has 0 aromatic heterocycles. The lowest BCUT2D eigenvalue weighted by Crippen LogP contribution is -2.63. The maximum absolute atomic E-state index is 13.8. The first kappa shape index (κ1) is 24.6. The van der Waals surface area contributed by atoms with Gasteiger partial charge in [0.05, 0.1) is 12.1 Å². The van der Waals surface area contributed by atoms with Crippen LogP contribution in [0.2, 0.25) is 0 Å². The van der Waals surface area contributed by atoms with Gasteiger partial charge in [0.25, 0.3) is 5.91 Å². The topological polar surface area (TPSA) is 86.6 Å². The number of benzene rings is 2. The van der Waals surface area contributed by atoms with Crippen LogP contribution in [0.3, 0.4) is 0 Å². The number of amides is 1. The summed E-state index contributed by atoms with van der Waals surface area (Å²) >= 11 is 0. The number of aliphatic hydroxyl groups is 2. The number of hydrogen-bond donors (Lipinski definition) is 3. The lowest BCUT2D eigenvalue weighted by Gasteiger charge is -2.59. The van der Waals surface area contributed by atoms with Gasteiger partial charge in [0.15, 0.2) is 5.78 Å². The number of carbonyl (C=O) groups is 2. The molecule has 1 amide bonds. The molecule has 6 rings (SSSR count). The Kier molecular flexibility index (Phi) is 5.56. The Labute approximate surface area is 218 Å². The molecule has 0 aliphatic heterocycles. The summed E-state index contributed by atoms with van der Waals surface area (Å²) in [6.45, 7) is 6.13. The molecule has 194 valence electrons. The first-order valence-electron chi connectivity index (χ1n) is 13.7. The second-order valence-corrected chi connectivity index (χ2v) is 12.4. The highest BCUT2D eigenvalue weighted by atomic mass is 16.3. The van der Waals surface area contributed by atoms with Gasteiger partial charge in [0.1, 0.15) is 5.60 Å². The first-order valence-corrected chi connectivity index (χ1v) is 13.7. The summed E-state index contributed by atoms with van der Waals surface area (Å²) in [6.07, 6.45) is 7.93. The number of rotatable bonds is 3. The highest BCUT2D eigenvalue weighted by molar-refractivity contribution is 6.01. The summed E-state index contributed by atoms with van der Waals surface area (Å²) in [5, 5.41) is 29.0. The third-order valence-corrected chi connectivity index (χ3v) is 10.7. The highest BCUT2D eigenvalue weighted by Crippen LogP contribution is 2.67. The van der Waals surface area contributed by atoms with Crippen molar-refractivity contribution >= 4 is 22.5 Å². The lowest BCUT2D eigenvalue weighted by atomic mass is 9.46. The van der Waals surface area contributed by atoms with Crippen LogP contribution in [0.25, 0.3) is 10.8 Å². The van der Waals surface area contributed by atoms with E-state index in [1.54, 1.807) is 12.2 Å². The molecule has 0 spiro atoms. The minimum absolute atomic E-state index is 0.0186. The van der Waals surface area contributed by atoms with Gasteiger partial charge in [-0.3, -0.25) is 9.59 Å². The Bertz CT molecular complexity index is 1340. The third-order valence-electron chi connectivity index (χ3n) is 10.7. The molecule has 3 saturated carbocycles. The van der Waals surface area contributed by atoms with Gasteiger partial charge in [-0.25, -0.2) is 0 Å². The predicted molar refractivity (Wildman–Crippen MR) is 143 cm³/mol. The zero-order chi connectivity index (χ0) is 26.2. The van der Waals surface area contributed by atoms with Crippen LogP contribution in [-0.2, 0) is 9.59 Å². The van der Waals surface area contributed by atoms with E-state index in [1.807, 2.05) is 44.2 Å². The first-order chi connectivity index (χ1) is 17.6. The van der Waals surface area contributed by atoms with E-state index in [2.05, 4.69) is 30.4 Å². The van der Waals surface area contributed by atoms with E-state index in [1.165, 1.54) is 0 Å². The van der Waals surface area contributed by atoms with Gasteiger partial charge in [0.2, 0.25) is 0 Å². The molecule has 5 nitrogen and oxygen atoms in total. The van der Waals surface area contributed by atoms with E-state index in [-0.39, 0.29) is 40.9 Å². The van der Waals surface area contributed by atoms with Crippen molar-refractivity contribution in [1.82, 2.24) is 5.32 Å². The Morgan fingerprint density at radius 2 is 1.86 bits per heavy atom. The lowest BCUT2D eigenvalue weighted by molar-refractivity contribution is -0.178. The van der Waals surface area contributed by atoms with Crippen LogP contribution in [-0.4, -0.2) is 33.6 Å². The largest absolute Gasteiger partial charge is 0.393 e. The Morgan fingerprint density at radius 3 is 2.68 bits per heavy atom. The van der Waals surface area contributed by atoms with Gasteiger partial charge in [-0.05, 0) is 79.4 Å². The highest BCUT2D eigenvalue weighted by Gasteiger charge is 2.68. The monoisotopic (exact) mass is 499 g/mol. The second kappa shape index (κ2) is 8.37. The van der Waals surface area contributed by atoms with Gasteiger partial charge in [-0.1, -0.05) is 68.0 Å². The van der Waals surface area contributed by atoms with Crippen LogP contribution in [0.15, 0.2) is 66.3 Å². The minimum Gasteiger partial charge on any atom is -0.393 e. The maximum atomic E-state index is 13.8. The number of carbonyl (C=O) groups excluding carboxylic acids is 2. The van der Waals surface area contributed by atoms with E-state index in [4.69, 9.17) is 0 Å². The van der Waals surface area contributed by atoms with Crippen molar-refractivity contribution in [1.29, 1.82) is 0 Å². The molecule has 4 aliphatic rings. The Hall–Kier alpha value is -2.76. The van der Waals surface area contributed by atoms with E-state index in [9.17, 15) is 19.8 Å². The van der Waals surface area contributed by atoms with Crippen LogP contribution >= 0.6 is 0 Å². The van der Waals surface area contributed by atoms with E-state index < -0.39 is 17.1 Å². The number of nitrogens with one attached hydrogen (secondary N) is 1. The van der Waals surface area contributed by atoms with Gasteiger partial charge in [0, 0.05) is 16.7 Å². The molecule has 0 heterocycles. The molecule has 5 unspecified atom stereocenters. The van der Waals surface area contributed by atoms with E-state index in [0.717, 1.165) is 41.2 Å². The predicted octanol–water partition coefficient (Wildman–Crippen LogP) is 5.03. The van der Waals surface area contributed by atoms with E-state index >= 15 is 0 Å². The molecule has 4 aliphatic carbocycles. The van der Waals surface area contributed by atoms with Gasteiger partial charge in [-0.15, -0.1) is 0 Å². The molecule has 2 aromatic rings. The average Bonchev–Trinajstić information content (AvgIpc) is 3.14. The third kappa shape index (κ3) is 3.43. The molecule has 2 aromatic carbocycles. The van der Waals surface area contributed by atoms with Gasteiger partial charge >= 0.3 is 0 Å². The number of fused-ring (bicyclic) bond motifs is 6. The normalized spacial score (nSPS) is 39.4. The summed E-state index contributed by atoms with van der Waals surface area (Å²) in [4.78, 5) is 25.9. The molecule has 0 radical (unpaired) electrons. The molecular weight excluding hydrogens is 462 g/mol. The van der Waals surface area contributed by atoms with Crippen molar-refractivity contribution in [3.05, 3.63) is 71.8 Å². The summed E-state index contributed by atoms with van der Waals surface area (Å²) in [5.74, 6) is -0.0161. The van der Waals surface area contributed by atoms with Crippen LogP contribution in [0.4, 0.5) is 0 Å². The number of ketones is 1. The SMILES string of the molecule is C[C@@H](NC(=O)[C@@]1(O)CCC2C3CCC4=CC(=O)C=CC4(C)C3[C@@H](O)CC21C)c1cccc2ccccc12. The van der Waals surface area contributed by atoms with Crippen LogP contribution < -0.4 is 5.32 Å². The fourth-order valence-corrected chi connectivity index (χ4v) is 8.73. The smallest absolute Gasteiger partial charge is 0.253 e. The number of hydrogen-bond acceptors (Lipinski definition) is 4. The van der Waals surface area contributed by atoms with Crippen LogP contribution in [0.5, 0.6) is 0 Å². The fourth-order valence-electron chi connectivity index (χ4n) is 8.73. The molecule has 8 atom stereocenters. The van der Waals surface area contributed by atoms with Crippen molar-refractivity contribution in [3.63, 3.8) is 0 Å². The standard InChI is InChI=1S/C32H37NO4/c1-19(23-10-6-8-20-7-4-5-9-24(20)23)33-29(36)32(37)16-14-26-25-12-11-21-17-22(34)13-15-30(21,2)28(25)27(35)18-31(26,32)3/h4-10,13,15,17,19,25-28,35,37H,11-12,14,16,18H2,1-3H3,(H,33,36)/t19-,25?,26?,27+,28?,30?,31?,32+/m1/s1. The van der Waals surface area contributed by atoms with Gasteiger partial charge in [-0.2, -0.15) is 0 Å². The van der Waals surface area contributed by atoms with Crippen LogP contribution in [0.1, 0.15) is 64.5 Å². The van der Waals surface area contributed by atoms with E-state index in [0.29, 0.717) is 12.8 Å². The Balaban J connectivity index is 1.28. The molecule has 3 N–H and O–H groups in total. The Morgan fingerprint density at radius 1 is 1.11 bits per heavy atom. The van der Waals surface area contributed by atoms with Crippen molar-refractivity contribution in [3.8, 4) is 0 Å². The maximum Gasteiger partial charge on any atom is 0.253 e.